The second-order valence-electron chi connectivity index (χ2n) is 4.19. The van der Waals surface area contributed by atoms with Crippen molar-refractivity contribution in [3.63, 3.8) is 0 Å². The van der Waals surface area contributed by atoms with Crippen LogP contribution in [0.15, 0.2) is 42.5 Å². The third-order valence-electron chi connectivity index (χ3n) is 2.79. The third kappa shape index (κ3) is 2.96. The van der Waals surface area contributed by atoms with Gasteiger partial charge in [-0.15, -0.1) is 0 Å². The first-order chi connectivity index (χ1) is 9.29. The molecule has 20 heavy (non-hydrogen) atoms. The van der Waals surface area contributed by atoms with E-state index in [0.29, 0.717) is 6.07 Å². The maximum absolute atomic E-state index is 13.5. The zero-order valence-electron chi connectivity index (χ0n) is 9.96. The average molecular weight is 288 g/mol. The van der Waals surface area contributed by atoms with Crippen LogP contribution in [0.5, 0.6) is 0 Å². The van der Waals surface area contributed by atoms with Gasteiger partial charge in [-0.2, -0.15) is 13.2 Å². The SMILES string of the molecule is OC(c1cccc(C(F)(F)F)c1)c1ccc(F)cc1F. The molecule has 0 amide bonds. The van der Waals surface area contributed by atoms with E-state index in [1.165, 1.54) is 6.07 Å². The Labute approximate surface area is 111 Å². The molecule has 2 aromatic rings. The van der Waals surface area contributed by atoms with Crippen molar-refractivity contribution in [2.75, 3.05) is 0 Å². The lowest BCUT2D eigenvalue weighted by Gasteiger charge is -2.14. The zero-order chi connectivity index (χ0) is 14.9. The van der Waals surface area contributed by atoms with E-state index in [0.717, 1.165) is 30.3 Å². The van der Waals surface area contributed by atoms with Gasteiger partial charge in [-0.25, -0.2) is 8.78 Å². The Morgan fingerprint density at radius 2 is 1.65 bits per heavy atom. The smallest absolute Gasteiger partial charge is 0.384 e. The van der Waals surface area contributed by atoms with Crippen LogP contribution in [0.1, 0.15) is 22.8 Å². The lowest BCUT2D eigenvalue weighted by Crippen LogP contribution is -2.08. The minimum absolute atomic E-state index is 0.120. The van der Waals surface area contributed by atoms with Gasteiger partial charge < -0.3 is 5.11 Å². The molecule has 1 N–H and O–H groups in total. The summed E-state index contributed by atoms with van der Waals surface area (Å²) in [6.45, 7) is 0. The number of alkyl halides is 3. The van der Waals surface area contributed by atoms with E-state index >= 15 is 0 Å². The highest BCUT2D eigenvalue weighted by molar-refractivity contribution is 5.34. The summed E-state index contributed by atoms with van der Waals surface area (Å²) in [6, 6.07) is 6.41. The summed E-state index contributed by atoms with van der Waals surface area (Å²) in [7, 11) is 0. The van der Waals surface area contributed by atoms with Gasteiger partial charge in [0.15, 0.2) is 0 Å². The normalized spacial score (nSPS) is 13.3. The van der Waals surface area contributed by atoms with Crippen LogP contribution in [0.3, 0.4) is 0 Å². The van der Waals surface area contributed by atoms with Crippen LogP contribution >= 0.6 is 0 Å². The molecule has 2 rings (SSSR count). The molecule has 0 bridgehead atoms. The van der Waals surface area contributed by atoms with Crippen molar-refractivity contribution in [2.24, 2.45) is 0 Å². The first-order valence-corrected chi connectivity index (χ1v) is 5.59. The van der Waals surface area contributed by atoms with Crippen molar-refractivity contribution >= 4 is 0 Å². The highest BCUT2D eigenvalue weighted by Gasteiger charge is 2.31. The highest BCUT2D eigenvalue weighted by atomic mass is 19.4. The van der Waals surface area contributed by atoms with Gasteiger partial charge in [-0.3, -0.25) is 0 Å². The first-order valence-electron chi connectivity index (χ1n) is 5.59. The van der Waals surface area contributed by atoms with E-state index in [1.807, 2.05) is 0 Å². The Bertz CT molecular complexity index is 621. The number of halogens is 5. The summed E-state index contributed by atoms with van der Waals surface area (Å²) in [5.41, 5.74) is -1.35. The fraction of sp³-hybridized carbons (Fsp3) is 0.143. The number of aliphatic hydroxyl groups is 1. The molecule has 0 aliphatic carbocycles. The van der Waals surface area contributed by atoms with Crippen LogP contribution in [0.2, 0.25) is 0 Å². The second-order valence-corrected chi connectivity index (χ2v) is 4.19. The molecule has 106 valence electrons. The summed E-state index contributed by atoms with van der Waals surface area (Å²) < 4.78 is 63.9. The molecule has 6 heteroatoms. The largest absolute Gasteiger partial charge is 0.416 e. The summed E-state index contributed by atoms with van der Waals surface area (Å²) in [6.07, 6.45) is -6.16. The van der Waals surface area contributed by atoms with Gasteiger partial charge in [0.25, 0.3) is 0 Å². The predicted octanol–water partition coefficient (Wildman–Crippen LogP) is 4.07. The maximum Gasteiger partial charge on any atom is 0.416 e. The molecule has 1 unspecified atom stereocenters. The topological polar surface area (TPSA) is 20.2 Å². The van der Waals surface area contributed by atoms with Crippen LogP contribution in [-0.2, 0) is 6.18 Å². The van der Waals surface area contributed by atoms with Crippen LogP contribution < -0.4 is 0 Å². The average Bonchev–Trinajstić information content (AvgIpc) is 2.37. The van der Waals surface area contributed by atoms with Gasteiger partial charge in [-0.05, 0) is 23.8 Å². The molecule has 0 spiro atoms. The van der Waals surface area contributed by atoms with E-state index < -0.39 is 29.5 Å². The molecule has 1 atom stereocenters. The lowest BCUT2D eigenvalue weighted by molar-refractivity contribution is -0.137. The summed E-state index contributed by atoms with van der Waals surface area (Å²) >= 11 is 0. The fourth-order valence-corrected chi connectivity index (χ4v) is 1.79. The zero-order valence-corrected chi connectivity index (χ0v) is 9.96. The molecule has 0 aliphatic heterocycles. The van der Waals surface area contributed by atoms with Crippen molar-refractivity contribution in [3.05, 3.63) is 70.8 Å². The predicted molar refractivity (Wildman–Crippen MR) is 61.9 cm³/mol. The van der Waals surface area contributed by atoms with Crippen molar-refractivity contribution in [1.29, 1.82) is 0 Å². The van der Waals surface area contributed by atoms with E-state index in [2.05, 4.69) is 0 Å². The van der Waals surface area contributed by atoms with Gasteiger partial charge in [0.05, 0.1) is 5.56 Å². The Morgan fingerprint density at radius 3 is 2.25 bits per heavy atom. The van der Waals surface area contributed by atoms with E-state index in [1.54, 1.807) is 0 Å². The second kappa shape index (κ2) is 5.20. The minimum atomic E-state index is -4.56. The monoisotopic (exact) mass is 288 g/mol. The number of hydrogen-bond donors (Lipinski definition) is 1. The number of hydrogen-bond acceptors (Lipinski definition) is 1. The van der Waals surface area contributed by atoms with Gasteiger partial charge >= 0.3 is 6.18 Å². The molecule has 0 saturated heterocycles. The number of benzene rings is 2. The molecule has 0 aliphatic rings. The van der Waals surface area contributed by atoms with Crippen molar-refractivity contribution in [1.82, 2.24) is 0 Å². The first kappa shape index (κ1) is 14.5. The molecule has 1 nitrogen and oxygen atoms in total. The van der Waals surface area contributed by atoms with E-state index in [-0.39, 0.29) is 11.1 Å². The third-order valence-corrected chi connectivity index (χ3v) is 2.79. The van der Waals surface area contributed by atoms with Crippen molar-refractivity contribution in [2.45, 2.75) is 12.3 Å². The van der Waals surface area contributed by atoms with Gasteiger partial charge in [-0.1, -0.05) is 18.2 Å². The van der Waals surface area contributed by atoms with Crippen LogP contribution in [0, 0.1) is 11.6 Å². The van der Waals surface area contributed by atoms with Gasteiger partial charge in [0, 0.05) is 11.6 Å². The fourth-order valence-electron chi connectivity index (χ4n) is 1.79. The molecular formula is C14H9F5O. The van der Waals surface area contributed by atoms with Crippen LogP contribution in [0.25, 0.3) is 0 Å². The molecule has 0 saturated carbocycles. The molecular weight excluding hydrogens is 279 g/mol. The standard InChI is InChI=1S/C14H9F5O/c15-10-4-5-11(12(16)7-10)13(20)8-2-1-3-9(6-8)14(17,18)19/h1-7,13,20H. The molecule has 0 heterocycles. The quantitative estimate of drug-likeness (QED) is 0.826. The van der Waals surface area contributed by atoms with Crippen molar-refractivity contribution in [3.8, 4) is 0 Å². The summed E-state index contributed by atoms with van der Waals surface area (Å²) in [4.78, 5) is 0. The molecule has 0 fully saturated rings. The van der Waals surface area contributed by atoms with E-state index in [4.69, 9.17) is 0 Å². The lowest BCUT2D eigenvalue weighted by atomic mass is 9.99. The summed E-state index contributed by atoms with van der Waals surface area (Å²) in [5.74, 6) is -1.85. The number of rotatable bonds is 2. The Hall–Kier alpha value is -1.95. The Balaban J connectivity index is 2.41. The highest BCUT2D eigenvalue weighted by Crippen LogP contribution is 2.32. The number of aliphatic hydroxyl groups excluding tert-OH is 1. The summed E-state index contributed by atoms with van der Waals surface area (Å²) in [5, 5.41) is 9.92. The Kier molecular flexibility index (Phi) is 3.76. The maximum atomic E-state index is 13.5. The van der Waals surface area contributed by atoms with Gasteiger partial charge in [0.2, 0.25) is 0 Å². The van der Waals surface area contributed by atoms with Gasteiger partial charge in [0.1, 0.15) is 17.7 Å². The van der Waals surface area contributed by atoms with Crippen LogP contribution in [-0.4, -0.2) is 5.11 Å². The van der Waals surface area contributed by atoms with Crippen molar-refractivity contribution < 1.29 is 27.1 Å². The Morgan fingerprint density at radius 1 is 0.950 bits per heavy atom. The molecule has 0 aromatic heterocycles. The van der Waals surface area contributed by atoms with Crippen LogP contribution in [0.4, 0.5) is 22.0 Å². The molecule has 0 radical (unpaired) electrons. The molecule has 2 aromatic carbocycles. The minimum Gasteiger partial charge on any atom is -0.384 e. The van der Waals surface area contributed by atoms with E-state index in [9.17, 15) is 27.1 Å².